The normalized spacial score (nSPS) is 19.7. The second-order valence-electron chi connectivity index (χ2n) is 20.0. The average Bonchev–Trinajstić information content (AvgIpc) is 3.82. The van der Waals surface area contributed by atoms with Crippen LogP contribution < -0.4 is 20.3 Å². The van der Waals surface area contributed by atoms with Crippen LogP contribution in [0.4, 0.5) is 11.4 Å². The first kappa shape index (κ1) is 52.7. The monoisotopic (exact) mass is 1010 g/mol. The van der Waals surface area contributed by atoms with E-state index in [1.54, 1.807) is 19.1 Å². The van der Waals surface area contributed by atoms with Crippen LogP contribution in [0.15, 0.2) is 82.3 Å². The van der Waals surface area contributed by atoms with Gasteiger partial charge in [0.2, 0.25) is 11.6 Å². The zero-order valence-corrected chi connectivity index (χ0v) is 43.1. The van der Waals surface area contributed by atoms with Gasteiger partial charge in [-0.05, 0) is 119 Å². The highest BCUT2D eigenvalue weighted by Crippen LogP contribution is 2.49. The van der Waals surface area contributed by atoms with Crippen molar-refractivity contribution in [1.29, 1.82) is 0 Å². The highest BCUT2D eigenvalue weighted by Gasteiger charge is 2.46. The van der Waals surface area contributed by atoms with Crippen LogP contribution in [0.5, 0.6) is 11.5 Å². The molecular weight excluding hydrogens is 951 g/mol. The Labute approximate surface area is 415 Å². The molecule has 1 atom stereocenters. The molecule has 380 valence electrons. The fourth-order valence-corrected chi connectivity index (χ4v) is 11.2. The highest BCUT2D eigenvalue weighted by atomic mass is 32.2. The summed E-state index contributed by atoms with van der Waals surface area (Å²) in [7, 11) is -9.04. The van der Waals surface area contributed by atoms with Gasteiger partial charge >= 0.3 is 0 Å². The molecule has 17 nitrogen and oxygen atoms in total. The van der Waals surface area contributed by atoms with Crippen molar-refractivity contribution in [1.82, 2.24) is 15.5 Å². The van der Waals surface area contributed by atoms with Crippen molar-refractivity contribution in [3.8, 4) is 11.5 Å². The number of allylic oxidation sites excluding steroid dienone is 4. The Morgan fingerprint density at radius 3 is 2.08 bits per heavy atom. The first-order valence-corrected chi connectivity index (χ1v) is 26.7. The largest absolute Gasteiger partial charge is 0.507 e. The summed E-state index contributed by atoms with van der Waals surface area (Å²) in [4.78, 5) is 52.7. The van der Waals surface area contributed by atoms with Gasteiger partial charge < -0.3 is 25.4 Å². The maximum Gasteiger partial charge on any atom is 0.294 e. The van der Waals surface area contributed by atoms with Gasteiger partial charge in [-0.15, -0.1) is 0 Å². The van der Waals surface area contributed by atoms with E-state index in [-0.39, 0.29) is 46.9 Å². The van der Waals surface area contributed by atoms with Crippen LogP contribution in [0.1, 0.15) is 107 Å². The number of carbonyl (C=O) groups is 4. The van der Waals surface area contributed by atoms with E-state index < -0.39 is 48.5 Å². The van der Waals surface area contributed by atoms with Crippen molar-refractivity contribution < 1.29 is 59.5 Å². The lowest BCUT2D eigenvalue weighted by molar-refractivity contribution is -0.437. The number of amides is 4. The SMILES string of the molecule is Cc1c(C)c2c(c(C)c1O)CCC(C)(C(=O)NCCC[N+]1=C(/C=C/C=C3/N(CCCCCC(=O)NCCN4C(=O)C=CC4=O)c4ccc(S(=O)(=O)O)cc4C3(C)C)C(C)(C)c3cc(S(=O)(=O)O)ccc31)O2. The van der Waals surface area contributed by atoms with Crippen LogP contribution in [-0.4, -0.2) is 108 Å². The maximum absolute atomic E-state index is 13.8. The Kier molecular flexibility index (Phi) is 14.7. The fraction of sp³-hybridized carbons (Fsp3) is 0.442. The summed E-state index contributed by atoms with van der Waals surface area (Å²) in [6.45, 7) is 16.6. The minimum atomic E-state index is -4.53. The van der Waals surface area contributed by atoms with Crippen molar-refractivity contribution in [2.45, 2.75) is 127 Å². The van der Waals surface area contributed by atoms with Gasteiger partial charge in [0, 0.05) is 97.7 Å². The summed E-state index contributed by atoms with van der Waals surface area (Å²) in [5.41, 5.74) is 5.02. The number of nitrogens with zero attached hydrogens (tertiary/aromatic N) is 3. The molecule has 4 amide bonds. The Bertz CT molecular complexity index is 3060. The lowest BCUT2D eigenvalue weighted by Gasteiger charge is -2.36. The lowest BCUT2D eigenvalue weighted by Crippen LogP contribution is -2.51. The van der Waals surface area contributed by atoms with Crippen LogP contribution >= 0.6 is 0 Å². The molecule has 0 radical (unpaired) electrons. The Hall–Kier alpha value is -6.15. The lowest BCUT2D eigenvalue weighted by atomic mass is 9.81. The third kappa shape index (κ3) is 10.5. The molecule has 4 aliphatic heterocycles. The Morgan fingerprint density at radius 1 is 0.775 bits per heavy atom. The summed E-state index contributed by atoms with van der Waals surface area (Å²) in [5.74, 6) is -0.420. The van der Waals surface area contributed by atoms with E-state index in [0.717, 1.165) is 44.4 Å². The van der Waals surface area contributed by atoms with E-state index in [2.05, 4.69) is 20.1 Å². The number of aromatic hydroxyl groups is 1. The first-order valence-electron chi connectivity index (χ1n) is 23.8. The van der Waals surface area contributed by atoms with Gasteiger partial charge in [-0.3, -0.25) is 33.2 Å². The molecule has 4 heterocycles. The zero-order valence-electron chi connectivity index (χ0n) is 41.5. The number of carbonyl (C=O) groups excluding carboxylic acids is 4. The summed E-state index contributed by atoms with van der Waals surface area (Å²) in [6.07, 6.45) is 11.8. The molecule has 0 aliphatic carbocycles. The molecule has 5 N–H and O–H groups in total. The van der Waals surface area contributed by atoms with Crippen molar-refractivity contribution in [2.24, 2.45) is 0 Å². The minimum absolute atomic E-state index is 0.0834. The van der Waals surface area contributed by atoms with Gasteiger partial charge in [-0.25, -0.2) is 0 Å². The number of phenolic OH excluding ortho intramolecular Hbond substituents is 1. The number of fused-ring (bicyclic) bond motifs is 3. The van der Waals surface area contributed by atoms with Gasteiger partial charge in [0.05, 0.1) is 15.2 Å². The topological polar surface area (TPSA) is 240 Å². The molecule has 0 saturated heterocycles. The Morgan fingerprint density at radius 2 is 1.42 bits per heavy atom. The Balaban J connectivity index is 1.10. The smallest absolute Gasteiger partial charge is 0.294 e. The number of benzene rings is 3. The van der Waals surface area contributed by atoms with E-state index in [9.17, 15) is 50.2 Å². The van der Waals surface area contributed by atoms with E-state index in [4.69, 9.17) is 4.74 Å². The van der Waals surface area contributed by atoms with Gasteiger partial charge in [-0.2, -0.15) is 21.4 Å². The summed E-state index contributed by atoms with van der Waals surface area (Å²) >= 11 is 0. The van der Waals surface area contributed by atoms with Crippen LogP contribution in [0.2, 0.25) is 0 Å². The molecule has 3 aromatic carbocycles. The average molecular weight is 1020 g/mol. The number of hydrogen-bond acceptors (Lipinski definition) is 11. The van der Waals surface area contributed by atoms with Crippen LogP contribution in [0.3, 0.4) is 0 Å². The third-order valence-electron chi connectivity index (χ3n) is 14.5. The molecule has 3 aromatic rings. The molecule has 4 aliphatic rings. The number of rotatable bonds is 18. The molecule has 0 bridgehead atoms. The quantitative estimate of drug-likeness (QED) is 0.0407. The van der Waals surface area contributed by atoms with Gasteiger partial charge in [0.1, 0.15) is 11.5 Å². The van der Waals surface area contributed by atoms with Crippen molar-refractivity contribution >= 4 is 61.0 Å². The van der Waals surface area contributed by atoms with Gasteiger partial charge in [0.15, 0.2) is 17.9 Å². The third-order valence-corrected chi connectivity index (χ3v) is 16.2. The fourth-order valence-electron chi connectivity index (χ4n) is 10.2. The van der Waals surface area contributed by atoms with E-state index in [1.165, 1.54) is 36.4 Å². The number of nitrogens with one attached hydrogen (secondary N) is 2. The van der Waals surface area contributed by atoms with E-state index in [0.29, 0.717) is 80.6 Å². The number of imide groups is 1. The second-order valence-corrected chi connectivity index (χ2v) is 22.8. The predicted molar refractivity (Wildman–Crippen MR) is 268 cm³/mol. The molecule has 0 spiro atoms. The van der Waals surface area contributed by atoms with Gasteiger partial charge in [-0.1, -0.05) is 26.3 Å². The summed E-state index contributed by atoms with van der Waals surface area (Å²) in [5, 5.41) is 16.5. The molecule has 7 rings (SSSR count). The molecular formula is C52H64N5O12S2+. The first-order chi connectivity index (χ1) is 33.2. The summed E-state index contributed by atoms with van der Waals surface area (Å²) < 4.78 is 77.8. The van der Waals surface area contributed by atoms with E-state index >= 15 is 0 Å². The minimum Gasteiger partial charge on any atom is -0.507 e. The number of anilines is 1. The van der Waals surface area contributed by atoms with Gasteiger partial charge in [0.25, 0.3) is 38.0 Å². The summed E-state index contributed by atoms with van der Waals surface area (Å²) in [6, 6.07) is 9.04. The molecule has 0 saturated carbocycles. The van der Waals surface area contributed by atoms with Crippen molar-refractivity contribution in [3.63, 3.8) is 0 Å². The molecule has 1 unspecified atom stereocenters. The predicted octanol–water partition coefficient (Wildman–Crippen LogP) is 6.32. The molecule has 19 heteroatoms. The van der Waals surface area contributed by atoms with Crippen molar-refractivity contribution in [2.75, 3.05) is 37.6 Å². The zero-order chi connectivity index (χ0) is 52.0. The highest BCUT2D eigenvalue weighted by molar-refractivity contribution is 7.86. The van der Waals surface area contributed by atoms with Crippen LogP contribution in [0, 0.1) is 20.8 Å². The van der Waals surface area contributed by atoms with Crippen molar-refractivity contribution in [3.05, 3.63) is 106 Å². The number of phenols is 1. The maximum atomic E-state index is 13.8. The number of unbranched alkanes of at least 4 members (excludes halogenated alkanes) is 2. The van der Waals surface area contributed by atoms with Crippen LogP contribution in [0.25, 0.3) is 0 Å². The molecule has 71 heavy (non-hydrogen) atoms. The van der Waals surface area contributed by atoms with E-state index in [1.807, 2.05) is 66.7 Å². The second kappa shape index (κ2) is 19.8. The standard InChI is InChI=1S/C52H63N5O12S2/c1-32-33(2)48-37(34(3)47(32)61)23-24-52(8,69-48)49(62)54-25-13-28-56-41-20-18-36(71(66,67)68)31-39(41)51(6,7)43(56)15-12-14-42-50(4,5)38-30-35(70(63,64)65)17-19-40(38)55(42)27-11-9-10-16-44(58)53-26-29-57-45(59)21-22-46(57)60/h12,14-15,17-22,30-31H,9-11,13,16,23-29H2,1-8H3,(H4-,53,54,58,61,62,63,64,65,66,67,68)/p+1. The van der Waals surface area contributed by atoms with Crippen LogP contribution in [-0.2, 0) is 56.7 Å². The molecule has 0 aromatic heterocycles. The number of ether oxygens (including phenoxy) is 1. The molecule has 0 fully saturated rings. The number of hydrogen-bond donors (Lipinski definition) is 5.